The minimum atomic E-state index is 0.596. The Hall–Kier alpha value is -2.95. The Labute approximate surface area is 134 Å². The van der Waals surface area contributed by atoms with Crippen LogP contribution in [-0.4, -0.2) is 15.0 Å². The van der Waals surface area contributed by atoms with Crippen molar-refractivity contribution in [2.75, 3.05) is 10.6 Å². The summed E-state index contributed by atoms with van der Waals surface area (Å²) in [5.74, 6) is 1.34. The van der Waals surface area contributed by atoms with Crippen LogP contribution in [0.3, 0.4) is 0 Å². The van der Waals surface area contributed by atoms with E-state index in [1.54, 1.807) is 24.8 Å². The molecule has 1 aliphatic carbocycles. The number of anilines is 4. The van der Waals surface area contributed by atoms with Crippen molar-refractivity contribution in [3.05, 3.63) is 66.7 Å². The van der Waals surface area contributed by atoms with Crippen LogP contribution < -0.4 is 10.6 Å². The summed E-state index contributed by atoms with van der Waals surface area (Å²) in [5, 5.41) is 6.49. The lowest BCUT2D eigenvalue weighted by molar-refractivity contribution is 1.12. The van der Waals surface area contributed by atoms with Crippen LogP contribution in [0.15, 0.2) is 61.2 Å². The van der Waals surface area contributed by atoms with Crippen LogP contribution in [0, 0.1) is 0 Å². The lowest BCUT2D eigenvalue weighted by Gasteiger charge is -2.08. The molecule has 2 N–H and O–H groups in total. The summed E-state index contributed by atoms with van der Waals surface area (Å²) >= 11 is 0. The van der Waals surface area contributed by atoms with Gasteiger partial charge in [-0.25, -0.2) is 9.97 Å². The predicted molar refractivity (Wildman–Crippen MR) is 91.3 cm³/mol. The van der Waals surface area contributed by atoms with Crippen molar-refractivity contribution in [3.8, 4) is 0 Å². The maximum Gasteiger partial charge on any atom is 0.227 e. The number of rotatable bonds is 5. The molecule has 0 aliphatic heterocycles. The first-order valence-corrected chi connectivity index (χ1v) is 7.73. The van der Waals surface area contributed by atoms with Gasteiger partial charge in [-0.15, -0.1) is 0 Å². The molecule has 4 rings (SSSR count). The van der Waals surface area contributed by atoms with Gasteiger partial charge in [-0.2, -0.15) is 0 Å². The molecule has 0 radical (unpaired) electrons. The minimum Gasteiger partial charge on any atom is -0.353 e. The highest BCUT2D eigenvalue weighted by atomic mass is 15.1. The zero-order valence-electron chi connectivity index (χ0n) is 12.6. The van der Waals surface area contributed by atoms with Crippen LogP contribution >= 0.6 is 0 Å². The third-order valence-electron chi connectivity index (χ3n) is 3.81. The van der Waals surface area contributed by atoms with Gasteiger partial charge < -0.3 is 10.6 Å². The van der Waals surface area contributed by atoms with Gasteiger partial charge in [0.25, 0.3) is 0 Å². The normalized spacial score (nSPS) is 13.6. The summed E-state index contributed by atoms with van der Waals surface area (Å²) in [6.45, 7) is 0. The van der Waals surface area contributed by atoms with Crippen molar-refractivity contribution in [2.45, 2.75) is 18.8 Å². The largest absolute Gasteiger partial charge is 0.353 e. The molecule has 1 saturated carbocycles. The van der Waals surface area contributed by atoms with Crippen LogP contribution in [0.25, 0.3) is 0 Å². The molecule has 5 nitrogen and oxygen atoms in total. The van der Waals surface area contributed by atoms with E-state index in [0.717, 1.165) is 23.0 Å². The molecule has 1 aromatic carbocycles. The molecule has 1 fully saturated rings. The van der Waals surface area contributed by atoms with E-state index < -0.39 is 0 Å². The van der Waals surface area contributed by atoms with Gasteiger partial charge in [-0.1, -0.05) is 12.1 Å². The molecule has 1 aliphatic rings. The van der Waals surface area contributed by atoms with Gasteiger partial charge in [0.15, 0.2) is 0 Å². The molecule has 0 spiro atoms. The van der Waals surface area contributed by atoms with Crippen LogP contribution in [0.5, 0.6) is 0 Å². The van der Waals surface area contributed by atoms with Crippen LogP contribution in [0.4, 0.5) is 23.0 Å². The minimum absolute atomic E-state index is 0.596. The molecule has 23 heavy (non-hydrogen) atoms. The molecule has 0 unspecified atom stereocenters. The first-order chi connectivity index (χ1) is 11.4. The van der Waals surface area contributed by atoms with Crippen molar-refractivity contribution in [3.63, 3.8) is 0 Å². The molecule has 0 atom stereocenters. The number of pyridine rings is 1. The second kappa shape index (κ2) is 6.04. The average molecular weight is 303 g/mol. The first-order valence-electron chi connectivity index (χ1n) is 7.73. The van der Waals surface area contributed by atoms with Crippen molar-refractivity contribution < 1.29 is 0 Å². The maximum absolute atomic E-state index is 4.36. The average Bonchev–Trinajstić information content (AvgIpc) is 3.43. The van der Waals surface area contributed by atoms with Gasteiger partial charge in [0.1, 0.15) is 0 Å². The Morgan fingerprint density at radius 2 is 1.61 bits per heavy atom. The Morgan fingerprint density at radius 1 is 0.826 bits per heavy atom. The van der Waals surface area contributed by atoms with E-state index in [2.05, 4.69) is 43.8 Å². The molecule has 2 heterocycles. The Bertz CT molecular complexity index is 782. The molecular weight excluding hydrogens is 286 g/mol. The summed E-state index contributed by atoms with van der Waals surface area (Å²) in [6, 6.07) is 12.3. The van der Waals surface area contributed by atoms with E-state index >= 15 is 0 Å². The number of hydrogen-bond donors (Lipinski definition) is 2. The van der Waals surface area contributed by atoms with E-state index in [9.17, 15) is 0 Å². The monoisotopic (exact) mass is 303 g/mol. The number of benzene rings is 1. The Balaban J connectivity index is 1.44. The Kier molecular flexibility index (Phi) is 3.60. The highest BCUT2D eigenvalue weighted by Crippen LogP contribution is 2.40. The fourth-order valence-electron chi connectivity index (χ4n) is 2.48. The van der Waals surface area contributed by atoms with Crippen molar-refractivity contribution in [1.82, 2.24) is 15.0 Å². The van der Waals surface area contributed by atoms with Crippen LogP contribution in [0.2, 0.25) is 0 Å². The standard InChI is InChI=1S/C18H17N5/c1-2-14(13-4-5-13)10-16(3-1)23-18-20-11-17(12-21-18)22-15-6-8-19-9-7-15/h1-3,6-13H,4-5H2,(H,19,22)(H,20,21,23). The van der Waals surface area contributed by atoms with E-state index in [0.29, 0.717) is 5.95 Å². The first kappa shape index (κ1) is 13.7. The zero-order valence-corrected chi connectivity index (χ0v) is 12.6. The van der Waals surface area contributed by atoms with Gasteiger partial charge in [-0.05, 0) is 48.6 Å². The molecule has 2 aromatic heterocycles. The summed E-state index contributed by atoms with van der Waals surface area (Å²) in [4.78, 5) is 12.7. The molecule has 0 amide bonds. The smallest absolute Gasteiger partial charge is 0.227 e. The van der Waals surface area contributed by atoms with E-state index in [4.69, 9.17) is 0 Å². The van der Waals surface area contributed by atoms with Crippen molar-refractivity contribution >= 4 is 23.0 Å². The third-order valence-corrected chi connectivity index (χ3v) is 3.81. The molecule has 0 bridgehead atoms. The van der Waals surface area contributed by atoms with E-state index in [-0.39, 0.29) is 0 Å². The van der Waals surface area contributed by atoms with Crippen molar-refractivity contribution in [2.24, 2.45) is 0 Å². The quantitative estimate of drug-likeness (QED) is 0.738. The lowest BCUT2D eigenvalue weighted by Crippen LogP contribution is -1.99. The van der Waals surface area contributed by atoms with Gasteiger partial charge in [0.2, 0.25) is 5.95 Å². The molecule has 0 saturated heterocycles. The summed E-state index contributed by atoms with van der Waals surface area (Å²) in [7, 11) is 0. The molecule has 114 valence electrons. The van der Waals surface area contributed by atoms with Gasteiger partial charge in [0.05, 0.1) is 18.1 Å². The second-order valence-corrected chi connectivity index (χ2v) is 5.68. The molecule has 3 aromatic rings. The fourth-order valence-corrected chi connectivity index (χ4v) is 2.48. The Morgan fingerprint density at radius 3 is 2.35 bits per heavy atom. The summed E-state index contributed by atoms with van der Waals surface area (Å²) in [5.41, 5.74) is 4.23. The van der Waals surface area contributed by atoms with E-state index in [1.807, 2.05) is 18.2 Å². The molecule has 5 heteroatoms. The number of nitrogens with zero attached hydrogens (tertiary/aromatic N) is 3. The lowest BCUT2D eigenvalue weighted by atomic mass is 10.1. The van der Waals surface area contributed by atoms with Gasteiger partial charge >= 0.3 is 0 Å². The summed E-state index contributed by atoms with van der Waals surface area (Å²) < 4.78 is 0. The highest BCUT2D eigenvalue weighted by Gasteiger charge is 2.23. The maximum atomic E-state index is 4.36. The van der Waals surface area contributed by atoms with Gasteiger partial charge in [0, 0.05) is 23.8 Å². The number of nitrogens with one attached hydrogen (secondary N) is 2. The number of aromatic nitrogens is 3. The topological polar surface area (TPSA) is 62.7 Å². The number of hydrogen-bond acceptors (Lipinski definition) is 5. The second-order valence-electron chi connectivity index (χ2n) is 5.68. The zero-order chi connectivity index (χ0) is 15.5. The molecular formula is C18H17N5. The van der Waals surface area contributed by atoms with Crippen LogP contribution in [-0.2, 0) is 0 Å². The SMILES string of the molecule is c1cc(Nc2ncc(Nc3ccncc3)cn2)cc(C2CC2)c1. The van der Waals surface area contributed by atoms with Crippen molar-refractivity contribution in [1.29, 1.82) is 0 Å². The third kappa shape index (κ3) is 3.45. The van der Waals surface area contributed by atoms with E-state index in [1.165, 1.54) is 18.4 Å². The van der Waals surface area contributed by atoms with Gasteiger partial charge in [-0.3, -0.25) is 4.98 Å². The summed E-state index contributed by atoms with van der Waals surface area (Å²) in [6.07, 6.45) is 9.61. The highest BCUT2D eigenvalue weighted by molar-refractivity contribution is 5.59. The predicted octanol–water partition coefficient (Wildman–Crippen LogP) is 4.24. The fraction of sp³-hybridized carbons (Fsp3) is 0.167. The van der Waals surface area contributed by atoms with Crippen LogP contribution in [0.1, 0.15) is 24.3 Å².